The van der Waals surface area contributed by atoms with Gasteiger partial charge in [0.2, 0.25) is 10.0 Å². The summed E-state index contributed by atoms with van der Waals surface area (Å²) in [4.78, 5) is 16.6. The van der Waals surface area contributed by atoms with Gasteiger partial charge in [-0.3, -0.25) is 4.79 Å². The number of hydrogen-bond donors (Lipinski definition) is 2. The Morgan fingerprint density at radius 1 is 1.14 bits per heavy atom. The maximum atomic E-state index is 12.6. The Hall–Kier alpha value is -2.97. The van der Waals surface area contributed by atoms with Gasteiger partial charge in [0, 0.05) is 23.4 Å². The standard InChI is InChI=1S/C20H19N3O4S/c24-20(23-17-5-1-3-15(9-17)19-12-21-13-27-19)16-4-2-6-18(10-16)28(25,26)22-11-14-7-8-14/h1-6,9-10,12-14,22H,7-8,11H2,(H,23,24). The van der Waals surface area contributed by atoms with Crippen LogP contribution in [-0.2, 0) is 10.0 Å². The van der Waals surface area contributed by atoms with Crippen LogP contribution in [0, 0.1) is 5.92 Å². The highest BCUT2D eigenvalue weighted by Gasteiger charge is 2.24. The van der Waals surface area contributed by atoms with Gasteiger partial charge in [-0.15, -0.1) is 0 Å². The molecular formula is C20H19N3O4S. The second-order valence-electron chi connectivity index (χ2n) is 6.72. The van der Waals surface area contributed by atoms with Gasteiger partial charge < -0.3 is 9.73 Å². The molecule has 0 unspecified atom stereocenters. The van der Waals surface area contributed by atoms with E-state index in [2.05, 4.69) is 15.0 Å². The minimum atomic E-state index is -3.63. The van der Waals surface area contributed by atoms with Crippen molar-refractivity contribution in [2.24, 2.45) is 5.92 Å². The summed E-state index contributed by atoms with van der Waals surface area (Å²) in [7, 11) is -3.63. The van der Waals surface area contributed by atoms with E-state index in [9.17, 15) is 13.2 Å². The average Bonchev–Trinajstić information content (AvgIpc) is 3.38. The van der Waals surface area contributed by atoms with Crippen LogP contribution in [0.4, 0.5) is 5.69 Å². The predicted octanol–water partition coefficient (Wildman–Crippen LogP) is 3.28. The van der Waals surface area contributed by atoms with Crippen LogP contribution in [0.3, 0.4) is 0 Å². The smallest absolute Gasteiger partial charge is 0.255 e. The first-order valence-electron chi connectivity index (χ1n) is 8.91. The molecule has 1 amide bonds. The Balaban J connectivity index is 1.50. The van der Waals surface area contributed by atoms with Gasteiger partial charge in [-0.25, -0.2) is 18.1 Å². The van der Waals surface area contributed by atoms with E-state index in [0.717, 1.165) is 18.4 Å². The quantitative estimate of drug-likeness (QED) is 0.637. The van der Waals surface area contributed by atoms with Gasteiger partial charge in [-0.05, 0) is 49.1 Å². The molecule has 1 fully saturated rings. The summed E-state index contributed by atoms with van der Waals surface area (Å²) < 4.78 is 32.7. The Bertz CT molecular complexity index is 1090. The van der Waals surface area contributed by atoms with Gasteiger partial charge in [0.1, 0.15) is 0 Å². The molecule has 1 heterocycles. The van der Waals surface area contributed by atoms with Crippen molar-refractivity contribution in [1.82, 2.24) is 9.71 Å². The van der Waals surface area contributed by atoms with Gasteiger partial charge in [0.05, 0.1) is 11.1 Å². The van der Waals surface area contributed by atoms with Crippen LogP contribution in [0.15, 0.2) is 70.4 Å². The lowest BCUT2D eigenvalue weighted by atomic mass is 10.1. The first kappa shape index (κ1) is 18.4. The summed E-state index contributed by atoms with van der Waals surface area (Å²) in [6.45, 7) is 0.438. The topological polar surface area (TPSA) is 101 Å². The lowest BCUT2D eigenvalue weighted by Crippen LogP contribution is -2.26. The van der Waals surface area contributed by atoms with Gasteiger partial charge in [0.25, 0.3) is 5.91 Å². The molecule has 2 N–H and O–H groups in total. The third-order valence-electron chi connectivity index (χ3n) is 4.50. The third kappa shape index (κ3) is 4.29. The van der Waals surface area contributed by atoms with Crippen molar-refractivity contribution in [1.29, 1.82) is 0 Å². The monoisotopic (exact) mass is 397 g/mol. The zero-order chi connectivity index (χ0) is 19.6. The number of nitrogens with zero attached hydrogens (tertiary/aromatic N) is 1. The van der Waals surface area contributed by atoms with Crippen molar-refractivity contribution >= 4 is 21.6 Å². The Morgan fingerprint density at radius 3 is 2.71 bits per heavy atom. The number of anilines is 1. The molecule has 0 spiro atoms. The summed E-state index contributed by atoms with van der Waals surface area (Å²) in [5.74, 6) is 0.623. The number of benzene rings is 2. The summed E-state index contributed by atoms with van der Waals surface area (Å²) >= 11 is 0. The van der Waals surface area contributed by atoms with E-state index in [0.29, 0.717) is 23.9 Å². The number of nitrogens with one attached hydrogen (secondary N) is 2. The number of amides is 1. The van der Waals surface area contributed by atoms with E-state index in [1.807, 2.05) is 6.07 Å². The molecule has 7 nitrogen and oxygen atoms in total. The van der Waals surface area contributed by atoms with E-state index >= 15 is 0 Å². The zero-order valence-corrected chi connectivity index (χ0v) is 15.8. The molecule has 1 saturated carbocycles. The fourth-order valence-electron chi connectivity index (χ4n) is 2.75. The summed E-state index contributed by atoms with van der Waals surface area (Å²) in [5, 5.41) is 2.78. The van der Waals surface area contributed by atoms with Crippen LogP contribution in [0.25, 0.3) is 11.3 Å². The number of oxazole rings is 1. The summed E-state index contributed by atoms with van der Waals surface area (Å²) in [5.41, 5.74) is 1.61. The minimum absolute atomic E-state index is 0.0798. The third-order valence-corrected chi connectivity index (χ3v) is 5.92. The highest BCUT2D eigenvalue weighted by molar-refractivity contribution is 7.89. The molecule has 0 saturated heterocycles. The normalized spacial score (nSPS) is 14.0. The van der Waals surface area contributed by atoms with Crippen LogP contribution < -0.4 is 10.0 Å². The molecule has 0 aliphatic heterocycles. The Kier molecular flexibility index (Phi) is 4.97. The van der Waals surface area contributed by atoms with Crippen LogP contribution >= 0.6 is 0 Å². The molecule has 0 bridgehead atoms. The maximum Gasteiger partial charge on any atom is 0.255 e. The Labute approximate surface area is 162 Å². The number of carbonyl (C=O) groups is 1. The van der Waals surface area contributed by atoms with Gasteiger partial charge in [0.15, 0.2) is 12.2 Å². The lowest BCUT2D eigenvalue weighted by Gasteiger charge is -2.09. The number of hydrogen-bond acceptors (Lipinski definition) is 5. The summed E-state index contributed by atoms with van der Waals surface area (Å²) in [6, 6.07) is 13.1. The molecule has 3 aromatic rings. The Morgan fingerprint density at radius 2 is 1.96 bits per heavy atom. The van der Waals surface area contributed by atoms with E-state index in [1.165, 1.54) is 18.5 Å². The van der Waals surface area contributed by atoms with Crippen molar-refractivity contribution < 1.29 is 17.6 Å². The minimum Gasteiger partial charge on any atom is -0.444 e. The molecule has 28 heavy (non-hydrogen) atoms. The van der Waals surface area contributed by atoms with Crippen LogP contribution in [0.2, 0.25) is 0 Å². The van der Waals surface area contributed by atoms with Crippen molar-refractivity contribution in [3.05, 3.63) is 66.7 Å². The maximum absolute atomic E-state index is 12.6. The molecule has 144 valence electrons. The van der Waals surface area contributed by atoms with E-state index < -0.39 is 15.9 Å². The van der Waals surface area contributed by atoms with Crippen molar-refractivity contribution in [3.63, 3.8) is 0 Å². The van der Waals surface area contributed by atoms with E-state index in [1.54, 1.807) is 36.5 Å². The molecular weight excluding hydrogens is 378 g/mol. The molecule has 1 aliphatic carbocycles. The van der Waals surface area contributed by atoms with Crippen molar-refractivity contribution in [3.8, 4) is 11.3 Å². The zero-order valence-electron chi connectivity index (χ0n) is 15.0. The molecule has 4 rings (SSSR count). The predicted molar refractivity (Wildman–Crippen MR) is 104 cm³/mol. The van der Waals surface area contributed by atoms with E-state index in [-0.39, 0.29) is 10.5 Å². The second-order valence-corrected chi connectivity index (χ2v) is 8.49. The summed E-state index contributed by atoms with van der Waals surface area (Å²) in [6.07, 6.45) is 5.03. The highest BCUT2D eigenvalue weighted by Crippen LogP contribution is 2.28. The molecule has 1 aromatic heterocycles. The first-order valence-corrected chi connectivity index (χ1v) is 10.4. The highest BCUT2D eigenvalue weighted by atomic mass is 32.2. The molecule has 2 aromatic carbocycles. The van der Waals surface area contributed by atoms with Crippen molar-refractivity contribution in [2.45, 2.75) is 17.7 Å². The SMILES string of the molecule is O=C(Nc1cccc(-c2cnco2)c1)c1cccc(S(=O)(=O)NCC2CC2)c1. The largest absolute Gasteiger partial charge is 0.444 e. The lowest BCUT2D eigenvalue weighted by molar-refractivity contribution is 0.102. The van der Waals surface area contributed by atoms with E-state index in [4.69, 9.17) is 4.42 Å². The van der Waals surface area contributed by atoms with Crippen LogP contribution in [0.1, 0.15) is 23.2 Å². The first-order chi connectivity index (χ1) is 13.5. The van der Waals surface area contributed by atoms with Gasteiger partial charge in [-0.2, -0.15) is 0 Å². The van der Waals surface area contributed by atoms with Crippen LogP contribution in [-0.4, -0.2) is 25.9 Å². The molecule has 1 aliphatic rings. The molecule has 8 heteroatoms. The second kappa shape index (κ2) is 7.57. The van der Waals surface area contributed by atoms with Crippen LogP contribution in [0.5, 0.6) is 0 Å². The average molecular weight is 397 g/mol. The van der Waals surface area contributed by atoms with Gasteiger partial charge in [-0.1, -0.05) is 18.2 Å². The fraction of sp³-hybridized carbons (Fsp3) is 0.200. The molecule has 0 radical (unpaired) electrons. The number of carbonyl (C=O) groups excluding carboxylic acids is 1. The number of sulfonamides is 1. The van der Waals surface area contributed by atoms with Crippen molar-refractivity contribution in [2.75, 3.05) is 11.9 Å². The number of aromatic nitrogens is 1. The van der Waals surface area contributed by atoms with Gasteiger partial charge >= 0.3 is 0 Å². The molecule has 0 atom stereocenters. The fourth-order valence-corrected chi connectivity index (χ4v) is 3.91. The number of rotatable bonds is 7.